The molecule has 1 aromatic carbocycles. The zero-order valence-corrected chi connectivity index (χ0v) is 18.9. The number of benzene rings is 1. The Bertz CT molecular complexity index is 1050. The molecule has 0 radical (unpaired) electrons. The third-order valence-electron chi connectivity index (χ3n) is 5.55. The molecule has 0 amide bonds. The van der Waals surface area contributed by atoms with Crippen LogP contribution in [0, 0.1) is 0 Å². The molecule has 172 valence electrons. The van der Waals surface area contributed by atoms with Crippen molar-refractivity contribution in [2.75, 3.05) is 25.0 Å². The van der Waals surface area contributed by atoms with Gasteiger partial charge in [-0.25, -0.2) is 18.7 Å². The van der Waals surface area contributed by atoms with Crippen LogP contribution in [0.1, 0.15) is 30.7 Å². The van der Waals surface area contributed by atoms with E-state index in [0.29, 0.717) is 48.2 Å². The average molecular weight is 484 g/mol. The van der Waals surface area contributed by atoms with Crippen molar-refractivity contribution in [3.05, 3.63) is 45.8 Å². The van der Waals surface area contributed by atoms with E-state index in [-0.39, 0.29) is 5.95 Å². The van der Waals surface area contributed by atoms with E-state index in [1.54, 1.807) is 6.07 Å². The van der Waals surface area contributed by atoms with Gasteiger partial charge in [-0.1, -0.05) is 29.6 Å². The number of halogens is 4. The summed E-state index contributed by atoms with van der Waals surface area (Å²) in [6.07, 6.45) is 4.16. The van der Waals surface area contributed by atoms with Gasteiger partial charge in [0.2, 0.25) is 5.95 Å². The zero-order valence-electron chi connectivity index (χ0n) is 17.4. The van der Waals surface area contributed by atoms with Gasteiger partial charge in [0, 0.05) is 29.9 Å². The summed E-state index contributed by atoms with van der Waals surface area (Å²) in [6, 6.07) is 4.70. The molecule has 32 heavy (non-hydrogen) atoms. The lowest BCUT2D eigenvalue weighted by Gasteiger charge is -2.31. The molecule has 4 rings (SSSR count). The summed E-state index contributed by atoms with van der Waals surface area (Å²) in [7, 11) is 0. The lowest BCUT2D eigenvalue weighted by molar-refractivity contribution is -0.0320. The van der Waals surface area contributed by atoms with Crippen molar-refractivity contribution in [3.63, 3.8) is 0 Å². The highest BCUT2D eigenvalue weighted by Gasteiger charge is 2.39. The molecule has 0 spiro atoms. The number of nitrogens with one attached hydrogen (secondary N) is 4. The predicted octanol–water partition coefficient (Wildman–Crippen LogP) is 4.18. The highest BCUT2D eigenvalue weighted by Crippen LogP contribution is 2.26. The smallest absolute Gasteiger partial charge is 0.280 e. The Morgan fingerprint density at radius 2 is 2.09 bits per heavy atom. The molecule has 0 aliphatic carbocycles. The molecule has 11 heteroatoms. The van der Waals surface area contributed by atoms with Gasteiger partial charge < -0.3 is 16.0 Å². The van der Waals surface area contributed by atoms with E-state index in [0.717, 1.165) is 29.4 Å². The summed E-state index contributed by atoms with van der Waals surface area (Å²) in [5.41, 5.74) is 2.37. The highest BCUT2D eigenvalue weighted by atomic mass is 35.5. The Labute approximate surface area is 194 Å². The van der Waals surface area contributed by atoms with Crippen LogP contribution in [0.3, 0.4) is 0 Å². The molecule has 0 bridgehead atoms. The number of aromatic nitrogens is 4. The number of hydrogen-bond donors (Lipinski definition) is 4. The van der Waals surface area contributed by atoms with E-state index in [9.17, 15) is 8.78 Å². The maximum Gasteiger partial charge on any atom is 0.280 e. The van der Waals surface area contributed by atoms with Crippen molar-refractivity contribution in [2.45, 2.75) is 44.2 Å². The van der Waals surface area contributed by atoms with Crippen molar-refractivity contribution in [3.8, 4) is 0 Å². The molecule has 1 aliphatic rings. The van der Waals surface area contributed by atoms with Gasteiger partial charge in [-0.2, -0.15) is 5.10 Å². The lowest BCUT2D eigenvalue weighted by Crippen LogP contribution is -2.51. The maximum atomic E-state index is 14.5. The van der Waals surface area contributed by atoms with Crippen LogP contribution in [0.25, 0.3) is 10.9 Å². The summed E-state index contributed by atoms with van der Waals surface area (Å²) in [5.74, 6) is -2.74. The van der Waals surface area contributed by atoms with Crippen LogP contribution in [0.5, 0.6) is 0 Å². The number of fused-ring (bicyclic) bond motifs is 1. The summed E-state index contributed by atoms with van der Waals surface area (Å²) in [5, 5.41) is 18.2. The topological polar surface area (TPSA) is 90.5 Å². The number of aromatic amines is 1. The quantitative estimate of drug-likeness (QED) is 0.341. The molecule has 1 fully saturated rings. The van der Waals surface area contributed by atoms with Gasteiger partial charge in [-0.05, 0) is 37.6 Å². The number of nitrogens with zero attached hydrogens (tertiary/aromatic N) is 3. The minimum absolute atomic E-state index is 0.147. The van der Waals surface area contributed by atoms with Crippen LogP contribution < -0.4 is 16.0 Å². The van der Waals surface area contributed by atoms with Crippen molar-refractivity contribution < 1.29 is 8.78 Å². The molecule has 2 aromatic heterocycles. The van der Waals surface area contributed by atoms with Crippen molar-refractivity contribution in [1.82, 2.24) is 30.8 Å². The SMILES string of the molecule is FC(F)(CNc1ncc(Cl)c(CCNCc2[nH]nc3ccc(Cl)cc23)n1)C1CCCCN1. The van der Waals surface area contributed by atoms with Gasteiger partial charge in [0.25, 0.3) is 5.92 Å². The Hall–Kier alpha value is -2.07. The first-order valence-electron chi connectivity index (χ1n) is 10.6. The predicted molar refractivity (Wildman–Crippen MR) is 123 cm³/mol. The fourth-order valence-corrected chi connectivity index (χ4v) is 4.14. The second-order valence-corrected chi connectivity index (χ2v) is 8.74. The first-order valence-corrected chi connectivity index (χ1v) is 11.4. The van der Waals surface area contributed by atoms with E-state index in [4.69, 9.17) is 23.2 Å². The first-order chi connectivity index (χ1) is 15.4. The van der Waals surface area contributed by atoms with Crippen molar-refractivity contribution >= 4 is 40.1 Å². The third kappa shape index (κ3) is 5.64. The van der Waals surface area contributed by atoms with Gasteiger partial charge in [-0.15, -0.1) is 0 Å². The Balaban J connectivity index is 1.30. The summed E-state index contributed by atoms with van der Waals surface area (Å²) >= 11 is 12.3. The summed E-state index contributed by atoms with van der Waals surface area (Å²) in [6.45, 7) is 1.24. The average Bonchev–Trinajstić information content (AvgIpc) is 3.19. The molecule has 1 atom stereocenters. The van der Waals surface area contributed by atoms with Crippen LogP contribution >= 0.6 is 23.2 Å². The summed E-state index contributed by atoms with van der Waals surface area (Å²) < 4.78 is 28.9. The van der Waals surface area contributed by atoms with Crippen molar-refractivity contribution in [1.29, 1.82) is 0 Å². The number of H-pyrrole nitrogens is 1. The van der Waals surface area contributed by atoms with Gasteiger partial charge in [-0.3, -0.25) is 5.10 Å². The fourth-order valence-electron chi connectivity index (χ4n) is 3.79. The molecule has 0 saturated carbocycles. The lowest BCUT2D eigenvalue weighted by atomic mass is 9.99. The van der Waals surface area contributed by atoms with Crippen LogP contribution in [0.15, 0.2) is 24.4 Å². The minimum atomic E-state index is -2.89. The number of rotatable bonds is 9. The van der Waals surface area contributed by atoms with E-state index in [2.05, 4.69) is 36.1 Å². The molecule has 7 nitrogen and oxygen atoms in total. The molecule has 1 aliphatic heterocycles. The van der Waals surface area contributed by atoms with E-state index in [1.165, 1.54) is 6.20 Å². The van der Waals surface area contributed by atoms with Crippen LogP contribution in [-0.4, -0.2) is 51.8 Å². The Morgan fingerprint density at radius 1 is 1.22 bits per heavy atom. The van der Waals surface area contributed by atoms with Gasteiger partial charge in [0.05, 0.1) is 40.7 Å². The first kappa shape index (κ1) is 23.1. The Kier molecular flexibility index (Phi) is 7.40. The van der Waals surface area contributed by atoms with Crippen molar-refractivity contribution in [2.24, 2.45) is 0 Å². The molecule has 1 saturated heterocycles. The molecular weight excluding hydrogens is 459 g/mol. The monoisotopic (exact) mass is 483 g/mol. The number of hydrogen-bond acceptors (Lipinski definition) is 6. The zero-order chi connectivity index (χ0) is 22.6. The second-order valence-electron chi connectivity index (χ2n) is 7.90. The van der Waals surface area contributed by atoms with Gasteiger partial charge >= 0.3 is 0 Å². The fraction of sp³-hybridized carbons (Fsp3) is 0.476. The number of alkyl halides is 2. The van der Waals surface area contributed by atoms with Crippen LogP contribution in [-0.2, 0) is 13.0 Å². The van der Waals surface area contributed by atoms with Crippen LogP contribution in [0.4, 0.5) is 14.7 Å². The van der Waals surface area contributed by atoms with Gasteiger partial charge in [0.15, 0.2) is 0 Å². The molecule has 3 aromatic rings. The second kappa shape index (κ2) is 10.2. The van der Waals surface area contributed by atoms with Crippen LogP contribution in [0.2, 0.25) is 10.0 Å². The molecule has 3 heterocycles. The number of piperidine rings is 1. The molecule has 4 N–H and O–H groups in total. The Morgan fingerprint density at radius 3 is 2.91 bits per heavy atom. The molecule has 1 unspecified atom stereocenters. The minimum Gasteiger partial charge on any atom is -0.348 e. The van der Waals surface area contributed by atoms with E-state index < -0.39 is 18.5 Å². The third-order valence-corrected chi connectivity index (χ3v) is 6.11. The summed E-state index contributed by atoms with van der Waals surface area (Å²) in [4.78, 5) is 8.38. The number of anilines is 1. The van der Waals surface area contributed by atoms with Gasteiger partial charge in [0.1, 0.15) is 0 Å². The highest BCUT2D eigenvalue weighted by molar-refractivity contribution is 6.31. The standard InChI is InChI=1S/C21H25Cl2F2N7/c22-13-4-5-16-14(9-13)18(32-31-16)11-26-8-6-17-15(23)10-28-20(30-17)29-12-21(24,25)19-3-1-2-7-27-19/h4-5,9-10,19,26-27H,1-3,6-8,11-12H2,(H,31,32)(H,28,29,30). The van der Waals surface area contributed by atoms with E-state index in [1.807, 2.05) is 12.1 Å². The molecular formula is C21H25Cl2F2N7. The normalized spacial score (nSPS) is 17.1. The maximum absolute atomic E-state index is 14.5. The van der Waals surface area contributed by atoms with E-state index >= 15 is 0 Å². The largest absolute Gasteiger partial charge is 0.348 e.